The van der Waals surface area contributed by atoms with E-state index in [1.807, 2.05) is 22.8 Å². The zero-order valence-electron chi connectivity index (χ0n) is 10.4. The van der Waals surface area contributed by atoms with E-state index in [-0.39, 0.29) is 5.75 Å². The van der Waals surface area contributed by atoms with Crippen molar-refractivity contribution in [1.29, 1.82) is 0 Å². The quantitative estimate of drug-likeness (QED) is 0.560. The molecule has 0 saturated heterocycles. The third-order valence-corrected chi connectivity index (χ3v) is 4.58. The van der Waals surface area contributed by atoms with Crippen molar-refractivity contribution < 1.29 is 8.42 Å². The van der Waals surface area contributed by atoms with Crippen LogP contribution in [-0.4, -0.2) is 35.9 Å². The monoisotopic (exact) mass is 412 g/mol. The molecular weight excluding hydrogens is 399 g/mol. The Labute approximate surface area is 131 Å². The summed E-state index contributed by atoms with van der Waals surface area (Å²) in [6.07, 6.45) is 1.88. The highest BCUT2D eigenvalue weighted by Crippen LogP contribution is 2.20. The fourth-order valence-electron chi connectivity index (χ4n) is 1.93. The van der Waals surface area contributed by atoms with Gasteiger partial charge in [-0.15, -0.1) is 11.6 Å². The number of alkyl halides is 1. The molecule has 0 atom stereocenters. The SMILES string of the molecule is CS(=O)(=O)CCn1c(CCCl)nc2cc(I)ccc21. The van der Waals surface area contributed by atoms with E-state index in [9.17, 15) is 8.42 Å². The predicted octanol–water partition coefficient (Wildman–Crippen LogP) is 2.47. The van der Waals surface area contributed by atoms with E-state index in [2.05, 4.69) is 27.6 Å². The summed E-state index contributed by atoms with van der Waals surface area (Å²) in [6.45, 7) is 0.419. The molecule has 0 fully saturated rings. The molecule has 0 spiro atoms. The van der Waals surface area contributed by atoms with Crippen LogP contribution in [0.25, 0.3) is 11.0 Å². The standard InChI is InChI=1S/C12H14ClIN2O2S/c1-19(17,18)7-6-16-11-3-2-9(14)8-10(11)15-12(16)4-5-13/h2-3,8H,4-7H2,1H3. The van der Waals surface area contributed by atoms with Gasteiger partial charge in [-0.1, -0.05) is 0 Å². The Bertz CT molecular complexity index is 697. The maximum absolute atomic E-state index is 11.3. The molecule has 0 bridgehead atoms. The first kappa shape index (κ1) is 15.1. The number of rotatable bonds is 5. The molecule has 1 heterocycles. The van der Waals surface area contributed by atoms with Crippen LogP contribution in [0.3, 0.4) is 0 Å². The van der Waals surface area contributed by atoms with Gasteiger partial charge in [0.05, 0.1) is 16.8 Å². The molecule has 0 amide bonds. The smallest absolute Gasteiger partial charge is 0.149 e. The van der Waals surface area contributed by atoms with Crippen LogP contribution in [0, 0.1) is 3.57 Å². The Hall–Kier alpha value is -0.340. The molecule has 104 valence electrons. The summed E-state index contributed by atoms with van der Waals surface area (Å²) >= 11 is 8.02. The lowest BCUT2D eigenvalue weighted by Gasteiger charge is -2.07. The molecule has 0 aliphatic rings. The van der Waals surface area contributed by atoms with Crippen LogP contribution in [0.15, 0.2) is 18.2 Å². The van der Waals surface area contributed by atoms with E-state index in [0.717, 1.165) is 20.4 Å². The van der Waals surface area contributed by atoms with Crippen LogP contribution in [0.5, 0.6) is 0 Å². The molecule has 1 aromatic heterocycles. The molecule has 2 rings (SSSR count). The van der Waals surface area contributed by atoms with Crippen LogP contribution in [0.4, 0.5) is 0 Å². The van der Waals surface area contributed by atoms with Crippen molar-refractivity contribution in [2.75, 3.05) is 17.9 Å². The van der Waals surface area contributed by atoms with Crippen LogP contribution >= 0.6 is 34.2 Å². The molecule has 7 heteroatoms. The van der Waals surface area contributed by atoms with E-state index in [4.69, 9.17) is 11.6 Å². The lowest BCUT2D eigenvalue weighted by atomic mass is 10.3. The Kier molecular flexibility index (Phi) is 4.73. The molecule has 19 heavy (non-hydrogen) atoms. The summed E-state index contributed by atoms with van der Waals surface area (Å²) in [6, 6.07) is 5.96. The highest BCUT2D eigenvalue weighted by molar-refractivity contribution is 14.1. The third-order valence-electron chi connectivity index (χ3n) is 2.79. The number of halogens is 2. The van der Waals surface area contributed by atoms with E-state index >= 15 is 0 Å². The van der Waals surface area contributed by atoms with E-state index < -0.39 is 9.84 Å². The normalized spacial score (nSPS) is 12.2. The number of benzene rings is 1. The maximum atomic E-state index is 11.3. The van der Waals surface area contributed by atoms with E-state index in [0.29, 0.717) is 18.8 Å². The van der Waals surface area contributed by atoms with Gasteiger partial charge in [-0.25, -0.2) is 13.4 Å². The van der Waals surface area contributed by atoms with Gasteiger partial charge in [-0.3, -0.25) is 0 Å². The Morgan fingerprint density at radius 1 is 1.42 bits per heavy atom. The predicted molar refractivity (Wildman–Crippen MR) is 86.6 cm³/mol. The van der Waals surface area contributed by atoms with Gasteiger partial charge >= 0.3 is 0 Å². The molecule has 0 saturated carbocycles. The number of imidazole rings is 1. The summed E-state index contributed by atoms with van der Waals surface area (Å²) in [4.78, 5) is 4.54. The molecule has 0 aliphatic heterocycles. The van der Waals surface area contributed by atoms with Gasteiger partial charge in [-0.2, -0.15) is 0 Å². The van der Waals surface area contributed by atoms with Crippen molar-refractivity contribution in [3.05, 3.63) is 27.6 Å². The molecule has 0 N–H and O–H groups in total. The Balaban J connectivity index is 2.45. The minimum Gasteiger partial charge on any atom is -0.327 e. The van der Waals surface area contributed by atoms with Crippen LogP contribution in [-0.2, 0) is 22.8 Å². The molecule has 2 aromatic rings. The fraction of sp³-hybridized carbons (Fsp3) is 0.417. The van der Waals surface area contributed by atoms with Gasteiger partial charge in [0, 0.05) is 28.7 Å². The molecule has 4 nitrogen and oxygen atoms in total. The van der Waals surface area contributed by atoms with Crippen LogP contribution in [0.2, 0.25) is 0 Å². The van der Waals surface area contributed by atoms with Crippen molar-refractivity contribution in [3.63, 3.8) is 0 Å². The van der Waals surface area contributed by atoms with Gasteiger partial charge in [-0.05, 0) is 40.8 Å². The average molecular weight is 413 g/mol. The summed E-state index contributed by atoms with van der Waals surface area (Å²) in [5.41, 5.74) is 1.85. The van der Waals surface area contributed by atoms with E-state index in [1.54, 1.807) is 0 Å². The molecule has 1 aromatic carbocycles. The lowest BCUT2D eigenvalue weighted by Crippen LogP contribution is -2.13. The highest BCUT2D eigenvalue weighted by Gasteiger charge is 2.12. The number of sulfone groups is 1. The Morgan fingerprint density at radius 3 is 2.79 bits per heavy atom. The molecule has 0 aliphatic carbocycles. The second kappa shape index (κ2) is 5.97. The zero-order chi connectivity index (χ0) is 14.0. The summed E-state index contributed by atoms with van der Waals surface area (Å²) in [5.74, 6) is 1.43. The first-order valence-corrected chi connectivity index (χ1v) is 9.46. The topological polar surface area (TPSA) is 52.0 Å². The number of hydrogen-bond acceptors (Lipinski definition) is 3. The van der Waals surface area contributed by atoms with Gasteiger partial charge in [0.1, 0.15) is 15.7 Å². The summed E-state index contributed by atoms with van der Waals surface area (Å²) in [7, 11) is -2.99. The van der Waals surface area contributed by atoms with Crippen molar-refractivity contribution in [1.82, 2.24) is 9.55 Å². The van der Waals surface area contributed by atoms with Gasteiger partial charge < -0.3 is 4.57 Å². The highest BCUT2D eigenvalue weighted by atomic mass is 127. The summed E-state index contributed by atoms with van der Waals surface area (Å²) in [5, 5.41) is 0. The van der Waals surface area contributed by atoms with Crippen molar-refractivity contribution in [3.8, 4) is 0 Å². The first-order chi connectivity index (χ1) is 8.90. The summed E-state index contributed by atoms with van der Waals surface area (Å²) < 4.78 is 25.7. The first-order valence-electron chi connectivity index (χ1n) is 5.79. The largest absolute Gasteiger partial charge is 0.327 e. The minimum absolute atomic E-state index is 0.111. The van der Waals surface area contributed by atoms with Crippen molar-refractivity contribution in [2.24, 2.45) is 0 Å². The van der Waals surface area contributed by atoms with Crippen LogP contribution in [0.1, 0.15) is 5.82 Å². The zero-order valence-corrected chi connectivity index (χ0v) is 14.2. The molecule has 0 unspecified atom stereocenters. The number of nitrogens with zero attached hydrogens (tertiary/aromatic N) is 2. The fourth-order valence-corrected chi connectivity index (χ4v) is 3.09. The third kappa shape index (κ3) is 3.82. The molecule has 0 radical (unpaired) electrons. The maximum Gasteiger partial charge on any atom is 0.149 e. The van der Waals surface area contributed by atoms with Crippen LogP contribution < -0.4 is 0 Å². The van der Waals surface area contributed by atoms with Gasteiger partial charge in [0.25, 0.3) is 0 Å². The number of aryl methyl sites for hydroxylation is 2. The number of hydrogen-bond donors (Lipinski definition) is 0. The average Bonchev–Trinajstić information content (AvgIpc) is 2.62. The van der Waals surface area contributed by atoms with Gasteiger partial charge in [0.2, 0.25) is 0 Å². The van der Waals surface area contributed by atoms with Gasteiger partial charge in [0.15, 0.2) is 0 Å². The van der Waals surface area contributed by atoms with Crippen molar-refractivity contribution >= 4 is 55.1 Å². The number of aromatic nitrogens is 2. The molecular formula is C12H14ClIN2O2S. The van der Waals surface area contributed by atoms with E-state index in [1.165, 1.54) is 6.26 Å². The van der Waals surface area contributed by atoms with Crippen molar-refractivity contribution in [2.45, 2.75) is 13.0 Å². The minimum atomic E-state index is -2.99. The lowest BCUT2D eigenvalue weighted by molar-refractivity contribution is 0.594. The second-order valence-corrected chi connectivity index (χ2v) is 8.26. The second-order valence-electron chi connectivity index (χ2n) is 4.38. The Morgan fingerprint density at radius 2 is 2.16 bits per heavy atom. The number of fused-ring (bicyclic) bond motifs is 1.